The van der Waals surface area contributed by atoms with Gasteiger partial charge in [0.1, 0.15) is 11.2 Å². The molecule has 0 spiro atoms. The van der Waals surface area contributed by atoms with E-state index in [-0.39, 0.29) is 0 Å². The van der Waals surface area contributed by atoms with Crippen LogP contribution in [0.25, 0.3) is 133 Å². The third-order valence-electron chi connectivity index (χ3n) is 13.6. The second-order valence-electron chi connectivity index (χ2n) is 17.6. The fourth-order valence-corrected chi connectivity index (χ4v) is 10.4. The highest BCUT2D eigenvalue weighted by atomic mass is 16.3. The van der Waals surface area contributed by atoms with Gasteiger partial charge in [-0.05, 0) is 82.9 Å². The van der Waals surface area contributed by atoms with E-state index in [4.69, 9.17) is 19.4 Å². The number of furan rings is 1. The molecule has 0 saturated heterocycles. The van der Waals surface area contributed by atoms with Gasteiger partial charge in [0.2, 0.25) is 5.95 Å². The Bertz CT molecular complexity index is 4260. The molecule has 0 saturated carbocycles. The number of nitrogens with zero attached hydrogens (tertiary/aromatic N) is 5. The highest BCUT2D eigenvalue weighted by Crippen LogP contribution is 2.42. The Labute approximate surface area is 396 Å². The Balaban J connectivity index is 1.03. The molecule has 0 aliphatic carbocycles. The van der Waals surface area contributed by atoms with Crippen LogP contribution in [0.3, 0.4) is 0 Å². The standard InChI is InChI=1S/C63H39N5O/c1-3-17-40(18-4-1)42-21-15-22-43(37-42)52-39-45(33-35-57(52)67-54-29-11-7-23-47(54)48-24-8-12-30-55(48)67)62-64-61(41-19-5-2-6-20-41)65-63(66-62)68-56-31-13-9-25-49(56)51-28-16-27-46(60(51)68)44-34-36-59-53(38-44)50-26-10-14-32-58(50)69-59/h1-39H. The highest BCUT2D eigenvalue weighted by Gasteiger charge is 2.23. The number of fused-ring (bicyclic) bond motifs is 9. The Hall–Kier alpha value is -9.39. The van der Waals surface area contributed by atoms with E-state index in [1.165, 1.54) is 10.8 Å². The summed E-state index contributed by atoms with van der Waals surface area (Å²) in [5.74, 6) is 1.69. The van der Waals surface area contributed by atoms with Gasteiger partial charge in [0.15, 0.2) is 11.6 Å². The first-order chi connectivity index (χ1) is 34.2. The van der Waals surface area contributed by atoms with Gasteiger partial charge in [-0.3, -0.25) is 4.57 Å². The molecule has 0 aliphatic rings. The van der Waals surface area contributed by atoms with Crippen molar-refractivity contribution in [3.8, 4) is 67.8 Å². The van der Waals surface area contributed by atoms with E-state index in [1.807, 2.05) is 30.3 Å². The van der Waals surface area contributed by atoms with Crippen LogP contribution in [0.5, 0.6) is 0 Å². The summed E-state index contributed by atoms with van der Waals surface area (Å²) in [6.45, 7) is 0. The first kappa shape index (κ1) is 38.8. The topological polar surface area (TPSA) is 61.7 Å². The number of para-hydroxylation sites is 5. The largest absolute Gasteiger partial charge is 0.456 e. The minimum atomic E-state index is 0.534. The summed E-state index contributed by atoms with van der Waals surface area (Å²) in [6, 6.07) is 83.5. The van der Waals surface area contributed by atoms with Crippen LogP contribution in [0.2, 0.25) is 0 Å². The Morgan fingerprint density at radius 1 is 0.290 bits per heavy atom. The van der Waals surface area contributed by atoms with Crippen molar-refractivity contribution < 1.29 is 4.42 Å². The van der Waals surface area contributed by atoms with E-state index in [9.17, 15) is 0 Å². The van der Waals surface area contributed by atoms with Crippen molar-refractivity contribution in [1.82, 2.24) is 24.1 Å². The summed E-state index contributed by atoms with van der Waals surface area (Å²) in [5, 5.41) is 6.81. The molecule has 14 aromatic rings. The lowest BCUT2D eigenvalue weighted by molar-refractivity contribution is 0.669. The SMILES string of the molecule is c1ccc(-c2cccc(-c3cc(-c4nc(-c5ccccc5)nc(-n5c6ccccc6c6cccc(-c7ccc8oc9ccccc9c8c7)c65)n4)ccc3-n3c4ccccc4c4ccccc43)c2)cc1. The molecule has 0 amide bonds. The summed E-state index contributed by atoms with van der Waals surface area (Å²) in [6.07, 6.45) is 0. The average molecular weight is 882 g/mol. The first-order valence-corrected chi connectivity index (χ1v) is 23.3. The molecule has 0 radical (unpaired) electrons. The molecular formula is C63H39N5O. The van der Waals surface area contributed by atoms with Crippen molar-refractivity contribution in [2.45, 2.75) is 0 Å². The van der Waals surface area contributed by atoms with Crippen LogP contribution < -0.4 is 0 Å². The number of aromatic nitrogens is 5. The van der Waals surface area contributed by atoms with Crippen LogP contribution in [0.15, 0.2) is 241 Å². The average Bonchev–Trinajstić information content (AvgIpc) is 4.09. The van der Waals surface area contributed by atoms with Gasteiger partial charge in [0, 0.05) is 54.6 Å². The van der Waals surface area contributed by atoms with Crippen LogP contribution in [-0.4, -0.2) is 24.1 Å². The fourth-order valence-electron chi connectivity index (χ4n) is 10.4. The third kappa shape index (κ3) is 6.30. The van der Waals surface area contributed by atoms with Crippen LogP contribution in [-0.2, 0) is 0 Å². The Morgan fingerprint density at radius 2 is 0.812 bits per heavy atom. The summed E-state index contributed by atoms with van der Waals surface area (Å²) < 4.78 is 10.9. The number of hydrogen-bond donors (Lipinski definition) is 0. The van der Waals surface area contributed by atoms with Gasteiger partial charge in [-0.25, -0.2) is 4.98 Å². The smallest absolute Gasteiger partial charge is 0.238 e. The van der Waals surface area contributed by atoms with Gasteiger partial charge >= 0.3 is 0 Å². The summed E-state index contributed by atoms with van der Waals surface area (Å²) >= 11 is 0. The highest BCUT2D eigenvalue weighted by molar-refractivity contribution is 6.15. The van der Waals surface area contributed by atoms with Crippen molar-refractivity contribution in [3.63, 3.8) is 0 Å². The summed E-state index contributed by atoms with van der Waals surface area (Å²) in [4.78, 5) is 16.2. The minimum Gasteiger partial charge on any atom is -0.456 e. The molecule has 0 unspecified atom stereocenters. The Kier molecular flexibility index (Phi) is 8.79. The molecule has 6 nitrogen and oxygen atoms in total. The van der Waals surface area contributed by atoms with Crippen molar-refractivity contribution in [3.05, 3.63) is 237 Å². The molecule has 6 heteroatoms. The summed E-state index contributed by atoms with van der Waals surface area (Å²) in [5.41, 5.74) is 15.5. The van der Waals surface area contributed by atoms with Crippen molar-refractivity contribution >= 4 is 65.6 Å². The zero-order valence-corrected chi connectivity index (χ0v) is 37.2. The predicted molar refractivity (Wildman–Crippen MR) is 283 cm³/mol. The lowest BCUT2D eigenvalue weighted by Gasteiger charge is -2.17. The van der Waals surface area contributed by atoms with Crippen molar-refractivity contribution in [2.24, 2.45) is 0 Å². The number of hydrogen-bond acceptors (Lipinski definition) is 4. The zero-order chi connectivity index (χ0) is 45.4. The maximum atomic E-state index is 6.28. The quantitative estimate of drug-likeness (QED) is 0.160. The molecule has 4 heterocycles. The molecule has 0 N–H and O–H groups in total. The summed E-state index contributed by atoms with van der Waals surface area (Å²) in [7, 11) is 0. The van der Waals surface area contributed by atoms with Gasteiger partial charge in [0.05, 0.1) is 27.8 Å². The molecular weight excluding hydrogens is 843 g/mol. The molecule has 0 aliphatic heterocycles. The van der Waals surface area contributed by atoms with Crippen LogP contribution in [0, 0.1) is 0 Å². The fraction of sp³-hybridized carbons (Fsp3) is 0. The molecule has 0 fully saturated rings. The molecule has 69 heavy (non-hydrogen) atoms. The second kappa shape index (κ2) is 15.6. The maximum Gasteiger partial charge on any atom is 0.238 e. The van der Waals surface area contributed by atoms with E-state index in [1.54, 1.807) is 0 Å². The van der Waals surface area contributed by atoms with Crippen LogP contribution in [0.4, 0.5) is 0 Å². The lowest BCUT2D eigenvalue weighted by atomic mass is 9.96. The van der Waals surface area contributed by atoms with Crippen LogP contribution in [0.1, 0.15) is 0 Å². The molecule has 14 rings (SSSR count). The zero-order valence-electron chi connectivity index (χ0n) is 37.2. The van der Waals surface area contributed by atoms with Gasteiger partial charge in [-0.2, -0.15) is 9.97 Å². The van der Waals surface area contributed by atoms with Gasteiger partial charge in [-0.1, -0.05) is 176 Å². The first-order valence-electron chi connectivity index (χ1n) is 23.3. The normalized spacial score (nSPS) is 11.8. The van der Waals surface area contributed by atoms with E-state index in [2.05, 4.69) is 215 Å². The maximum absolute atomic E-state index is 6.28. The third-order valence-corrected chi connectivity index (χ3v) is 13.6. The molecule has 10 aromatic carbocycles. The molecule has 4 aromatic heterocycles. The van der Waals surface area contributed by atoms with Crippen LogP contribution >= 0.6 is 0 Å². The van der Waals surface area contributed by atoms with E-state index in [0.717, 1.165) is 105 Å². The van der Waals surface area contributed by atoms with Crippen molar-refractivity contribution in [2.75, 3.05) is 0 Å². The minimum absolute atomic E-state index is 0.534. The molecule has 0 bridgehead atoms. The Morgan fingerprint density at radius 3 is 1.55 bits per heavy atom. The van der Waals surface area contributed by atoms with Gasteiger partial charge in [-0.15, -0.1) is 0 Å². The van der Waals surface area contributed by atoms with Gasteiger partial charge in [0.25, 0.3) is 0 Å². The second-order valence-corrected chi connectivity index (χ2v) is 17.6. The van der Waals surface area contributed by atoms with E-state index < -0.39 is 0 Å². The monoisotopic (exact) mass is 881 g/mol. The molecule has 322 valence electrons. The lowest BCUT2D eigenvalue weighted by Crippen LogP contribution is -2.07. The van der Waals surface area contributed by atoms with E-state index in [0.29, 0.717) is 17.6 Å². The van der Waals surface area contributed by atoms with E-state index >= 15 is 0 Å². The number of benzene rings is 10. The number of rotatable bonds is 7. The van der Waals surface area contributed by atoms with Gasteiger partial charge < -0.3 is 8.98 Å². The predicted octanol–water partition coefficient (Wildman–Crippen LogP) is 16.3. The molecule has 0 atom stereocenters. The van der Waals surface area contributed by atoms with Crippen molar-refractivity contribution in [1.29, 1.82) is 0 Å².